The Kier molecular flexibility index (Phi) is 11.0. The molecule has 14 heteroatoms. The van der Waals surface area contributed by atoms with Gasteiger partial charge in [-0.3, -0.25) is 0 Å². The maximum absolute atomic E-state index is 13.6. The number of benzene rings is 2. The van der Waals surface area contributed by atoms with E-state index < -0.39 is 44.0 Å². The van der Waals surface area contributed by atoms with Gasteiger partial charge < -0.3 is 27.9 Å². The van der Waals surface area contributed by atoms with Crippen molar-refractivity contribution in [3.8, 4) is 12.1 Å². The second-order valence-electron chi connectivity index (χ2n) is 14.4. The normalized spacial score (nSPS) is 22.6. The van der Waals surface area contributed by atoms with Gasteiger partial charge in [0.15, 0.2) is 0 Å². The Labute approximate surface area is 281 Å². The first-order valence-electron chi connectivity index (χ1n) is 15.0. The van der Waals surface area contributed by atoms with Crippen molar-refractivity contribution < 1.29 is 36.7 Å². The molecular formula is C32H42B3BrF2N2O6. The summed E-state index contributed by atoms with van der Waals surface area (Å²) in [4.78, 5) is 0. The molecule has 2 aromatic rings. The van der Waals surface area contributed by atoms with Crippen LogP contribution in [0.25, 0.3) is 0 Å². The summed E-state index contributed by atoms with van der Waals surface area (Å²) < 4.78 is 62.1. The number of hydrogen-bond acceptors (Lipinski definition) is 8. The first-order chi connectivity index (χ1) is 20.9. The van der Waals surface area contributed by atoms with Gasteiger partial charge in [-0.15, -0.1) is 0 Å². The third kappa shape index (κ3) is 7.71. The van der Waals surface area contributed by atoms with E-state index >= 15 is 0 Å². The molecule has 3 heterocycles. The van der Waals surface area contributed by atoms with Gasteiger partial charge in [0.05, 0.1) is 39.2 Å². The topological polar surface area (TPSA) is 103 Å². The Hall–Kier alpha value is -2.29. The largest absolute Gasteiger partial charge is 0.496 e. The van der Waals surface area contributed by atoms with Gasteiger partial charge in [-0.1, -0.05) is 18.2 Å². The number of hydrogen-bond donors (Lipinski definition) is 0. The van der Waals surface area contributed by atoms with E-state index in [1.165, 1.54) is 12.1 Å². The fourth-order valence-electron chi connectivity index (χ4n) is 4.43. The molecule has 0 unspecified atom stereocenters. The highest BCUT2D eigenvalue weighted by Crippen LogP contribution is 2.43. The van der Waals surface area contributed by atoms with Crippen molar-refractivity contribution in [2.45, 2.75) is 117 Å². The van der Waals surface area contributed by atoms with Crippen LogP contribution in [-0.2, 0) is 27.9 Å². The van der Waals surface area contributed by atoms with E-state index in [4.69, 9.17) is 38.4 Å². The third-order valence-corrected chi connectivity index (χ3v) is 10.2. The minimum absolute atomic E-state index is 0.0176. The smallest absolute Gasteiger partial charge is 0.405 e. The van der Waals surface area contributed by atoms with E-state index in [9.17, 15) is 8.78 Å². The Morgan fingerprint density at radius 3 is 1.20 bits per heavy atom. The molecule has 0 spiro atoms. The highest BCUT2D eigenvalue weighted by atomic mass is 79.9. The molecule has 0 bridgehead atoms. The van der Waals surface area contributed by atoms with E-state index in [0.717, 1.165) is 0 Å². The molecule has 0 amide bonds. The first-order valence-corrected chi connectivity index (χ1v) is 15.8. The van der Waals surface area contributed by atoms with Gasteiger partial charge in [-0.25, -0.2) is 8.78 Å². The minimum Gasteiger partial charge on any atom is -0.405 e. The van der Waals surface area contributed by atoms with Gasteiger partial charge in [-0.05, 0) is 117 Å². The van der Waals surface area contributed by atoms with Gasteiger partial charge in [-0.2, -0.15) is 10.5 Å². The van der Waals surface area contributed by atoms with Gasteiger partial charge >= 0.3 is 21.1 Å². The zero-order valence-corrected chi connectivity index (χ0v) is 30.3. The second kappa shape index (κ2) is 13.3. The molecule has 2 aromatic carbocycles. The minimum atomic E-state index is -0.708. The number of rotatable bonds is 2. The van der Waals surface area contributed by atoms with Gasteiger partial charge in [0.2, 0.25) is 0 Å². The average molecular weight is 701 g/mol. The van der Waals surface area contributed by atoms with Crippen LogP contribution in [0.1, 0.15) is 94.2 Å². The molecule has 8 nitrogen and oxygen atoms in total. The molecule has 0 aromatic heterocycles. The molecule has 0 saturated carbocycles. The fraction of sp³-hybridized carbons (Fsp3) is 0.562. The van der Waals surface area contributed by atoms with Crippen molar-refractivity contribution in [3.05, 3.63) is 63.6 Å². The molecule has 5 rings (SSSR count). The molecule has 3 saturated heterocycles. The fourth-order valence-corrected chi connectivity index (χ4v) is 4.86. The molecule has 3 fully saturated rings. The molecular weight excluding hydrogens is 659 g/mol. The van der Waals surface area contributed by atoms with Gasteiger partial charge in [0.25, 0.3) is 0 Å². The molecule has 3 aliphatic heterocycles. The van der Waals surface area contributed by atoms with Gasteiger partial charge in [0, 0.05) is 9.94 Å². The summed E-state index contributed by atoms with van der Waals surface area (Å²) in [6.45, 7) is 23.9. The van der Waals surface area contributed by atoms with Crippen molar-refractivity contribution in [1.29, 1.82) is 10.5 Å². The Morgan fingerprint density at radius 2 is 0.870 bits per heavy atom. The average Bonchev–Trinajstić information content (AvgIpc) is 3.38. The van der Waals surface area contributed by atoms with E-state index in [1.807, 2.05) is 89.2 Å². The van der Waals surface area contributed by atoms with Crippen molar-refractivity contribution in [2.75, 3.05) is 0 Å². The van der Waals surface area contributed by atoms with Crippen LogP contribution in [0.3, 0.4) is 0 Å². The standard InChI is InChI=1S/C13H15BFNO2.C12H24B2O4.C7H3BrFN/c1-12(2)13(3,4)18-14(17-12)10-6-5-7-11(15)9(10)8-16;1-9(2)10(3,4)16-13(15-9)14-17-11(5,6)12(7,8)18-14;8-6-2-1-3-7(9)5(6)4-10/h5-7H,1-4H3;1-8H3;1-3H. The summed E-state index contributed by atoms with van der Waals surface area (Å²) in [7, 11) is -1.66. The summed E-state index contributed by atoms with van der Waals surface area (Å²) in [6.07, 6.45) is 0. The SMILES string of the molecule is CC1(C)OB(B2OC(C)(C)C(C)(C)O2)OC1(C)C.CC1(C)OB(c2cccc(F)c2C#N)OC1(C)C.N#Cc1c(F)cccc1Br. The lowest BCUT2D eigenvalue weighted by Gasteiger charge is -2.32. The van der Waals surface area contributed by atoms with Crippen LogP contribution in [-0.4, -0.2) is 54.7 Å². The number of nitrogens with zero attached hydrogens (tertiary/aromatic N) is 2. The summed E-state index contributed by atoms with van der Waals surface area (Å²) in [6, 6.07) is 12.5. The van der Waals surface area contributed by atoms with Crippen LogP contribution in [0.2, 0.25) is 0 Å². The van der Waals surface area contributed by atoms with E-state index in [-0.39, 0.29) is 33.5 Å². The summed E-state index contributed by atoms with van der Waals surface area (Å²) in [5.41, 5.74) is -1.96. The van der Waals surface area contributed by atoms with Crippen LogP contribution >= 0.6 is 15.9 Å². The number of halogens is 3. The molecule has 246 valence electrons. The van der Waals surface area contributed by atoms with Crippen molar-refractivity contribution in [2.24, 2.45) is 0 Å². The molecule has 0 N–H and O–H groups in total. The maximum atomic E-state index is 13.6. The molecule has 0 radical (unpaired) electrons. The number of nitriles is 2. The Balaban J connectivity index is 0.000000196. The van der Waals surface area contributed by atoms with Crippen LogP contribution in [0.5, 0.6) is 0 Å². The summed E-state index contributed by atoms with van der Waals surface area (Å²) >= 11 is 3.04. The lowest BCUT2D eigenvalue weighted by molar-refractivity contribution is 0.00578. The lowest BCUT2D eigenvalue weighted by atomic mass is 9.49. The third-order valence-electron chi connectivity index (χ3n) is 9.50. The predicted octanol–water partition coefficient (Wildman–Crippen LogP) is 6.71. The zero-order valence-electron chi connectivity index (χ0n) is 28.7. The maximum Gasteiger partial charge on any atom is 0.496 e. The summed E-state index contributed by atoms with van der Waals surface area (Å²) in [5, 5.41) is 17.4. The van der Waals surface area contributed by atoms with Crippen LogP contribution in [0.15, 0.2) is 40.9 Å². The predicted molar refractivity (Wildman–Crippen MR) is 178 cm³/mol. The van der Waals surface area contributed by atoms with E-state index in [1.54, 1.807) is 30.3 Å². The van der Waals surface area contributed by atoms with Crippen LogP contribution in [0.4, 0.5) is 8.78 Å². The van der Waals surface area contributed by atoms with Crippen molar-refractivity contribution in [3.63, 3.8) is 0 Å². The quantitative estimate of drug-likeness (QED) is 0.319. The van der Waals surface area contributed by atoms with Crippen molar-refractivity contribution >= 4 is 42.5 Å². The highest BCUT2D eigenvalue weighted by molar-refractivity contribution is 9.10. The Morgan fingerprint density at radius 1 is 0.543 bits per heavy atom. The monoisotopic (exact) mass is 700 g/mol. The van der Waals surface area contributed by atoms with E-state index in [0.29, 0.717) is 9.94 Å². The molecule has 46 heavy (non-hydrogen) atoms. The zero-order chi connectivity index (χ0) is 35.1. The molecule has 0 aliphatic carbocycles. The summed E-state index contributed by atoms with van der Waals surface area (Å²) in [5.74, 6) is -1.04. The van der Waals surface area contributed by atoms with Crippen LogP contribution in [0, 0.1) is 34.3 Å². The Bertz CT molecular complexity index is 1420. The highest BCUT2D eigenvalue weighted by Gasteiger charge is 2.63. The second-order valence-corrected chi connectivity index (χ2v) is 15.2. The van der Waals surface area contributed by atoms with E-state index in [2.05, 4.69) is 15.9 Å². The molecule has 3 aliphatic rings. The van der Waals surface area contributed by atoms with Crippen LogP contribution < -0.4 is 5.46 Å². The lowest BCUT2D eigenvalue weighted by Crippen LogP contribution is -2.41. The van der Waals surface area contributed by atoms with Crippen molar-refractivity contribution in [1.82, 2.24) is 0 Å². The molecule has 0 atom stereocenters. The van der Waals surface area contributed by atoms with Gasteiger partial charge in [0.1, 0.15) is 29.3 Å². The first kappa shape index (κ1) is 38.2.